The summed E-state index contributed by atoms with van der Waals surface area (Å²) in [5, 5.41) is 6.80. The number of thiazole rings is 1. The van der Waals surface area contributed by atoms with Crippen molar-refractivity contribution in [1.29, 1.82) is 0 Å². The summed E-state index contributed by atoms with van der Waals surface area (Å²) in [5.74, 6) is -1.31. The summed E-state index contributed by atoms with van der Waals surface area (Å²) in [5.41, 5.74) is 3.16. The molecular formula is C27H26F2N4O3S3. The van der Waals surface area contributed by atoms with Crippen LogP contribution >= 0.6 is 23.1 Å². The maximum Gasteiger partial charge on any atom is 0.357 e. The number of benzene rings is 3. The number of nitrogens with one attached hydrogen (secondary N) is 2. The minimum Gasteiger partial charge on any atom is -0.356 e. The zero-order valence-corrected chi connectivity index (χ0v) is 23.5. The van der Waals surface area contributed by atoms with Gasteiger partial charge in [-0.3, -0.25) is 14.3 Å². The van der Waals surface area contributed by atoms with Gasteiger partial charge in [-0.1, -0.05) is 60.3 Å². The predicted molar refractivity (Wildman–Crippen MR) is 154 cm³/mol. The van der Waals surface area contributed by atoms with E-state index in [0.29, 0.717) is 11.6 Å². The fourth-order valence-corrected chi connectivity index (χ4v) is 5.70. The van der Waals surface area contributed by atoms with Crippen molar-refractivity contribution in [2.45, 2.75) is 25.4 Å². The molecule has 2 atom stereocenters. The molecule has 0 amide bonds. The SMILES string of the molecule is CS/C(=N\C(C)c1ccc(F)cc1F)N[C@@H](Cc1ccc(NS(=O)(=O)O)cc1)c1csc(-c2ccccc2)n1. The van der Waals surface area contributed by atoms with Crippen molar-refractivity contribution in [2.75, 3.05) is 11.0 Å². The average Bonchev–Trinajstić information content (AvgIpc) is 3.39. The van der Waals surface area contributed by atoms with Crippen molar-refractivity contribution >= 4 is 44.3 Å². The van der Waals surface area contributed by atoms with Crippen LogP contribution in [-0.2, 0) is 16.7 Å². The van der Waals surface area contributed by atoms with Crippen molar-refractivity contribution in [3.8, 4) is 10.6 Å². The molecule has 0 fully saturated rings. The van der Waals surface area contributed by atoms with E-state index in [9.17, 15) is 17.2 Å². The molecule has 1 heterocycles. The number of halogens is 2. The number of nitrogens with zero attached hydrogens (tertiary/aromatic N) is 2. The highest BCUT2D eigenvalue weighted by Crippen LogP contribution is 2.29. The van der Waals surface area contributed by atoms with Gasteiger partial charge in [0.15, 0.2) is 5.17 Å². The first-order valence-electron chi connectivity index (χ1n) is 11.8. The van der Waals surface area contributed by atoms with Crippen LogP contribution in [0.25, 0.3) is 10.6 Å². The summed E-state index contributed by atoms with van der Waals surface area (Å²) in [6, 6.07) is 19.0. The molecule has 0 saturated heterocycles. The van der Waals surface area contributed by atoms with Crippen LogP contribution in [0.4, 0.5) is 14.5 Å². The van der Waals surface area contributed by atoms with Crippen LogP contribution in [0.15, 0.2) is 83.2 Å². The molecule has 204 valence electrons. The van der Waals surface area contributed by atoms with Gasteiger partial charge in [-0.05, 0) is 43.4 Å². The molecule has 39 heavy (non-hydrogen) atoms. The molecule has 1 unspecified atom stereocenters. The highest BCUT2D eigenvalue weighted by molar-refractivity contribution is 8.13. The van der Waals surface area contributed by atoms with Crippen molar-refractivity contribution in [3.05, 3.63) is 107 Å². The van der Waals surface area contributed by atoms with Gasteiger partial charge >= 0.3 is 10.3 Å². The van der Waals surface area contributed by atoms with Crippen LogP contribution in [0.2, 0.25) is 0 Å². The molecule has 3 aromatic carbocycles. The summed E-state index contributed by atoms with van der Waals surface area (Å²) in [6.07, 6.45) is 2.33. The molecule has 4 rings (SSSR count). The summed E-state index contributed by atoms with van der Waals surface area (Å²) in [6.45, 7) is 1.74. The van der Waals surface area contributed by atoms with E-state index in [4.69, 9.17) is 9.54 Å². The lowest BCUT2D eigenvalue weighted by molar-refractivity contribution is 0.489. The summed E-state index contributed by atoms with van der Waals surface area (Å²) >= 11 is 2.87. The third kappa shape index (κ3) is 8.09. The van der Waals surface area contributed by atoms with Gasteiger partial charge < -0.3 is 5.32 Å². The van der Waals surface area contributed by atoms with Crippen LogP contribution in [-0.4, -0.2) is 29.4 Å². The second-order valence-electron chi connectivity index (χ2n) is 8.60. The van der Waals surface area contributed by atoms with E-state index < -0.39 is 28.0 Å². The van der Waals surface area contributed by atoms with Crippen LogP contribution < -0.4 is 10.0 Å². The Bertz CT molecular complexity index is 1550. The summed E-state index contributed by atoms with van der Waals surface area (Å²) < 4.78 is 61.1. The number of hydrogen-bond acceptors (Lipinski definition) is 6. The fourth-order valence-electron chi connectivity index (χ4n) is 3.87. The van der Waals surface area contributed by atoms with Crippen LogP contribution in [0, 0.1) is 11.6 Å². The van der Waals surface area contributed by atoms with Crippen LogP contribution in [0.5, 0.6) is 0 Å². The Labute approximate surface area is 234 Å². The topological polar surface area (TPSA) is 104 Å². The third-order valence-electron chi connectivity index (χ3n) is 5.75. The summed E-state index contributed by atoms with van der Waals surface area (Å²) in [4.78, 5) is 9.52. The molecule has 0 aliphatic heterocycles. The molecule has 0 bridgehead atoms. The van der Waals surface area contributed by atoms with Gasteiger partial charge in [0, 0.05) is 22.6 Å². The summed E-state index contributed by atoms with van der Waals surface area (Å²) in [7, 11) is -4.38. The average molecular weight is 589 g/mol. The number of rotatable bonds is 9. The Morgan fingerprint density at radius 3 is 2.46 bits per heavy atom. The highest BCUT2D eigenvalue weighted by Gasteiger charge is 2.20. The van der Waals surface area contributed by atoms with E-state index in [0.717, 1.165) is 27.9 Å². The Hall–Kier alpha value is -3.32. The molecule has 3 N–H and O–H groups in total. The van der Waals surface area contributed by atoms with E-state index in [-0.39, 0.29) is 17.3 Å². The molecule has 0 radical (unpaired) electrons. The Balaban J connectivity index is 1.62. The minimum absolute atomic E-state index is 0.229. The van der Waals surface area contributed by atoms with Crippen molar-refractivity contribution in [2.24, 2.45) is 4.99 Å². The third-order valence-corrected chi connectivity index (χ3v) is 7.77. The lowest BCUT2D eigenvalue weighted by Crippen LogP contribution is -2.28. The Morgan fingerprint density at radius 2 is 1.82 bits per heavy atom. The lowest BCUT2D eigenvalue weighted by atomic mass is 10.0. The van der Waals surface area contributed by atoms with Gasteiger partial charge in [-0.15, -0.1) is 11.3 Å². The zero-order chi connectivity index (χ0) is 28.0. The number of anilines is 1. The van der Waals surface area contributed by atoms with E-state index in [2.05, 4.69) is 10.3 Å². The second-order valence-corrected chi connectivity index (χ2v) is 11.4. The van der Waals surface area contributed by atoms with E-state index in [1.54, 1.807) is 31.2 Å². The van der Waals surface area contributed by atoms with E-state index in [1.807, 2.05) is 46.7 Å². The lowest BCUT2D eigenvalue weighted by Gasteiger charge is -2.20. The molecule has 0 aliphatic carbocycles. The quantitative estimate of drug-likeness (QED) is 0.115. The molecule has 7 nitrogen and oxygen atoms in total. The maximum atomic E-state index is 14.4. The molecule has 0 saturated carbocycles. The molecule has 4 aromatic rings. The van der Waals surface area contributed by atoms with Gasteiger partial charge in [-0.25, -0.2) is 13.8 Å². The number of amidine groups is 1. The smallest absolute Gasteiger partial charge is 0.356 e. The minimum atomic E-state index is -4.38. The fraction of sp³-hybridized carbons (Fsp3) is 0.185. The molecule has 1 aromatic heterocycles. The Kier molecular flexibility index (Phi) is 9.33. The number of thioether (sulfide) groups is 1. The zero-order valence-electron chi connectivity index (χ0n) is 21.0. The number of aliphatic imine (C=N–C) groups is 1. The number of aromatic nitrogens is 1. The van der Waals surface area contributed by atoms with Crippen molar-refractivity contribution < 1.29 is 21.8 Å². The molecule has 0 aliphatic rings. The van der Waals surface area contributed by atoms with Gasteiger partial charge in [-0.2, -0.15) is 8.42 Å². The largest absolute Gasteiger partial charge is 0.357 e. The standard InChI is InChI=1S/C27H26F2N4O3S3/c1-17(22-13-10-20(28)15-23(22)29)30-27(37-2)32-24(14-18-8-11-21(12-9-18)33-39(34,35)36)25-16-38-26(31-25)19-6-4-3-5-7-19/h3-13,15-17,24,33H,14H2,1-2H3,(H,30,32)(H,34,35,36)/t17?,24-/m0/s1. The predicted octanol–water partition coefficient (Wildman–Crippen LogP) is 6.66. The van der Waals surface area contributed by atoms with E-state index >= 15 is 0 Å². The van der Waals surface area contributed by atoms with Crippen LogP contribution in [0.3, 0.4) is 0 Å². The van der Waals surface area contributed by atoms with Crippen LogP contribution in [0.1, 0.15) is 35.8 Å². The van der Waals surface area contributed by atoms with Gasteiger partial charge in [0.05, 0.1) is 23.5 Å². The first kappa shape index (κ1) is 28.7. The van der Waals surface area contributed by atoms with E-state index in [1.165, 1.54) is 35.2 Å². The highest BCUT2D eigenvalue weighted by atomic mass is 32.2. The first-order valence-corrected chi connectivity index (χ1v) is 15.3. The molecular weight excluding hydrogens is 563 g/mol. The molecule has 0 spiro atoms. The maximum absolute atomic E-state index is 14.4. The van der Waals surface area contributed by atoms with Gasteiger partial charge in [0.2, 0.25) is 0 Å². The van der Waals surface area contributed by atoms with Gasteiger partial charge in [0.1, 0.15) is 16.6 Å². The van der Waals surface area contributed by atoms with Crippen molar-refractivity contribution in [3.63, 3.8) is 0 Å². The normalized spacial score (nSPS) is 13.6. The van der Waals surface area contributed by atoms with Crippen molar-refractivity contribution in [1.82, 2.24) is 10.3 Å². The first-order chi connectivity index (χ1) is 18.6. The monoisotopic (exact) mass is 588 g/mol. The van der Waals surface area contributed by atoms with Gasteiger partial charge in [0.25, 0.3) is 0 Å². The Morgan fingerprint density at radius 1 is 1.10 bits per heavy atom. The molecule has 12 heteroatoms. The second kappa shape index (κ2) is 12.7. The number of hydrogen-bond donors (Lipinski definition) is 3.